The van der Waals surface area contributed by atoms with E-state index in [-0.39, 0.29) is 34.1 Å². The van der Waals surface area contributed by atoms with Crippen LogP contribution in [0.5, 0.6) is 0 Å². The van der Waals surface area contributed by atoms with Crippen molar-refractivity contribution in [1.29, 1.82) is 0 Å². The van der Waals surface area contributed by atoms with Crippen LogP contribution in [0.1, 0.15) is 38.2 Å². The molecule has 0 unspecified atom stereocenters. The molecule has 40 heavy (non-hydrogen) atoms. The van der Waals surface area contributed by atoms with Crippen LogP contribution in [0.4, 0.5) is 5.69 Å². The number of hydrogen-bond donors (Lipinski definition) is 1. The summed E-state index contributed by atoms with van der Waals surface area (Å²) in [6.07, 6.45) is 4.44. The second-order valence-corrected chi connectivity index (χ2v) is 12.6. The Morgan fingerprint density at radius 2 is 1.57 bits per heavy atom. The maximum Gasteiger partial charge on any atom is 0.264 e. The Balaban J connectivity index is 1.66. The van der Waals surface area contributed by atoms with E-state index in [2.05, 4.69) is 5.32 Å². The molecule has 0 aromatic heterocycles. The number of benzene rings is 3. The lowest BCUT2D eigenvalue weighted by Crippen LogP contribution is -2.53. The first-order chi connectivity index (χ1) is 19.2. The quantitative estimate of drug-likeness (QED) is 0.305. The van der Waals surface area contributed by atoms with Gasteiger partial charge >= 0.3 is 0 Å². The van der Waals surface area contributed by atoms with Crippen LogP contribution < -0.4 is 9.62 Å². The second kappa shape index (κ2) is 13.5. The molecule has 212 valence electrons. The first kappa shape index (κ1) is 29.9. The van der Waals surface area contributed by atoms with Gasteiger partial charge in [-0.25, -0.2) is 8.42 Å². The van der Waals surface area contributed by atoms with Gasteiger partial charge in [0, 0.05) is 17.6 Å². The summed E-state index contributed by atoms with van der Waals surface area (Å²) >= 11 is 12.5. The first-order valence-electron chi connectivity index (χ1n) is 13.3. The summed E-state index contributed by atoms with van der Waals surface area (Å²) in [7, 11) is -4.19. The number of anilines is 1. The number of hydrogen-bond acceptors (Lipinski definition) is 4. The summed E-state index contributed by atoms with van der Waals surface area (Å²) in [6.45, 7) is 1.36. The standard InChI is InChI=1S/C30H33Cl2N3O4S/c1-22(30(37)33-25-12-8-9-13-25)34(19-18-23-10-4-2-5-11-23)29(36)21-35(28-17-16-24(31)20-27(28)32)40(38,39)26-14-6-3-7-15-26/h2-7,10-11,14-17,20,22,25H,8-9,12-13,18-19,21H2,1H3,(H,33,37)/t22-/m1/s1. The number of sulfonamides is 1. The molecule has 1 N–H and O–H groups in total. The molecule has 3 aromatic rings. The molecule has 1 aliphatic rings. The average molecular weight is 603 g/mol. The van der Waals surface area contributed by atoms with Crippen LogP contribution in [-0.2, 0) is 26.0 Å². The van der Waals surface area contributed by atoms with Crippen molar-refractivity contribution in [3.05, 3.63) is 94.5 Å². The molecular weight excluding hydrogens is 569 g/mol. The van der Waals surface area contributed by atoms with Gasteiger partial charge in [0.1, 0.15) is 12.6 Å². The summed E-state index contributed by atoms with van der Waals surface area (Å²) < 4.78 is 28.6. The number of nitrogens with zero attached hydrogens (tertiary/aromatic N) is 2. The smallest absolute Gasteiger partial charge is 0.264 e. The number of amides is 2. The predicted octanol–water partition coefficient (Wildman–Crippen LogP) is 5.71. The Morgan fingerprint density at radius 1 is 0.950 bits per heavy atom. The average Bonchev–Trinajstić information content (AvgIpc) is 3.46. The van der Waals surface area contributed by atoms with Gasteiger partial charge in [0.15, 0.2) is 0 Å². The highest BCUT2D eigenvalue weighted by Gasteiger charge is 2.33. The van der Waals surface area contributed by atoms with Crippen LogP contribution in [0.15, 0.2) is 83.8 Å². The van der Waals surface area contributed by atoms with Crippen molar-refractivity contribution >= 4 is 50.7 Å². The molecule has 1 fully saturated rings. The van der Waals surface area contributed by atoms with E-state index in [9.17, 15) is 18.0 Å². The highest BCUT2D eigenvalue weighted by molar-refractivity contribution is 7.92. The fourth-order valence-corrected chi connectivity index (χ4v) is 6.89. The fraction of sp³-hybridized carbons (Fsp3) is 0.333. The van der Waals surface area contributed by atoms with Crippen molar-refractivity contribution in [3.8, 4) is 0 Å². The zero-order valence-electron chi connectivity index (χ0n) is 22.3. The summed E-state index contributed by atoms with van der Waals surface area (Å²) in [5, 5.41) is 3.49. The zero-order valence-corrected chi connectivity index (χ0v) is 24.6. The SMILES string of the molecule is C[C@H](C(=O)NC1CCCC1)N(CCc1ccccc1)C(=O)CN(c1ccc(Cl)cc1Cl)S(=O)(=O)c1ccccc1. The Morgan fingerprint density at radius 3 is 2.20 bits per heavy atom. The normalized spacial score (nSPS) is 14.5. The van der Waals surface area contributed by atoms with Crippen molar-refractivity contribution in [3.63, 3.8) is 0 Å². The molecule has 1 aliphatic carbocycles. The Bertz CT molecular complexity index is 1420. The molecule has 7 nitrogen and oxygen atoms in total. The second-order valence-electron chi connectivity index (χ2n) is 9.91. The molecule has 10 heteroatoms. The van der Waals surface area contributed by atoms with E-state index in [1.807, 2.05) is 30.3 Å². The van der Waals surface area contributed by atoms with Crippen LogP contribution in [0.25, 0.3) is 0 Å². The zero-order chi connectivity index (χ0) is 28.7. The van der Waals surface area contributed by atoms with Crippen LogP contribution in [0.3, 0.4) is 0 Å². The van der Waals surface area contributed by atoms with Gasteiger partial charge in [-0.1, -0.05) is 84.6 Å². The van der Waals surface area contributed by atoms with Gasteiger partial charge in [0.2, 0.25) is 11.8 Å². The van der Waals surface area contributed by atoms with Gasteiger partial charge in [-0.3, -0.25) is 13.9 Å². The molecular formula is C30H33Cl2N3O4S. The molecule has 0 bridgehead atoms. The van der Waals surface area contributed by atoms with Gasteiger partial charge in [-0.2, -0.15) is 0 Å². The minimum Gasteiger partial charge on any atom is -0.352 e. The monoisotopic (exact) mass is 601 g/mol. The Labute approximate surface area is 246 Å². The predicted molar refractivity (Wildman–Crippen MR) is 159 cm³/mol. The molecule has 1 atom stereocenters. The van der Waals surface area contributed by atoms with E-state index in [0.29, 0.717) is 11.4 Å². The molecule has 4 rings (SSSR count). The lowest BCUT2D eigenvalue weighted by molar-refractivity contribution is -0.139. The lowest BCUT2D eigenvalue weighted by Gasteiger charge is -2.32. The molecule has 0 heterocycles. The number of carbonyl (C=O) groups excluding carboxylic acids is 2. The van der Waals surface area contributed by atoms with Crippen molar-refractivity contribution < 1.29 is 18.0 Å². The highest BCUT2D eigenvalue weighted by Crippen LogP contribution is 2.33. The van der Waals surface area contributed by atoms with Crippen molar-refractivity contribution in [2.45, 2.75) is 56.0 Å². The Kier molecular flexibility index (Phi) is 10.1. The topological polar surface area (TPSA) is 86.8 Å². The molecule has 3 aromatic carbocycles. The van der Waals surface area contributed by atoms with Gasteiger partial charge in [-0.05, 0) is 62.1 Å². The van der Waals surface area contributed by atoms with Gasteiger partial charge in [-0.15, -0.1) is 0 Å². The molecule has 0 radical (unpaired) electrons. The van der Waals surface area contributed by atoms with Gasteiger partial charge in [0.05, 0.1) is 15.6 Å². The van der Waals surface area contributed by atoms with E-state index in [4.69, 9.17) is 23.2 Å². The summed E-state index contributed by atoms with van der Waals surface area (Å²) in [5.74, 6) is -0.772. The van der Waals surface area contributed by atoms with Gasteiger partial charge in [0.25, 0.3) is 10.0 Å². The van der Waals surface area contributed by atoms with Crippen LogP contribution in [0, 0.1) is 0 Å². The molecule has 0 spiro atoms. The summed E-state index contributed by atoms with van der Waals surface area (Å²) in [4.78, 5) is 28.7. The van der Waals surface area contributed by atoms with Crippen molar-refractivity contribution in [2.24, 2.45) is 0 Å². The maximum atomic E-state index is 14.0. The molecule has 0 aliphatic heterocycles. The summed E-state index contributed by atoms with van der Waals surface area (Å²) in [6, 6.07) is 21.2. The molecule has 1 saturated carbocycles. The number of halogens is 2. The highest BCUT2D eigenvalue weighted by atomic mass is 35.5. The van der Waals surface area contributed by atoms with E-state index in [0.717, 1.165) is 35.6 Å². The third-order valence-electron chi connectivity index (χ3n) is 7.14. The third kappa shape index (κ3) is 7.36. The number of rotatable bonds is 11. The largest absolute Gasteiger partial charge is 0.352 e. The fourth-order valence-electron chi connectivity index (χ4n) is 4.88. The Hall–Kier alpha value is -3.07. The number of nitrogens with one attached hydrogen (secondary N) is 1. The number of carbonyl (C=O) groups is 2. The molecule has 0 saturated heterocycles. The minimum absolute atomic E-state index is 0.0108. The van der Waals surface area contributed by atoms with Crippen molar-refractivity contribution in [2.75, 3.05) is 17.4 Å². The van der Waals surface area contributed by atoms with Gasteiger partial charge < -0.3 is 10.2 Å². The maximum absolute atomic E-state index is 14.0. The van der Waals surface area contributed by atoms with E-state index in [1.54, 1.807) is 25.1 Å². The molecule has 2 amide bonds. The van der Waals surface area contributed by atoms with Crippen LogP contribution in [-0.4, -0.2) is 50.3 Å². The van der Waals surface area contributed by atoms with Crippen LogP contribution >= 0.6 is 23.2 Å². The van der Waals surface area contributed by atoms with Crippen molar-refractivity contribution in [1.82, 2.24) is 10.2 Å². The van der Waals surface area contributed by atoms with E-state index < -0.39 is 28.5 Å². The van der Waals surface area contributed by atoms with Crippen LogP contribution in [0.2, 0.25) is 10.0 Å². The summed E-state index contributed by atoms with van der Waals surface area (Å²) in [5.41, 5.74) is 1.12. The lowest BCUT2D eigenvalue weighted by atomic mass is 10.1. The van der Waals surface area contributed by atoms with E-state index in [1.165, 1.54) is 35.2 Å². The minimum atomic E-state index is -4.19. The third-order valence-corrected chi connectivity index (χ3v) is 9.45. The van der Waals surface area contributed by atoms with E-state index >= 15 is 0 Å². The first-order valence-corrected chi connectivity index (χ1v) is 15.5.